The summed E-state index contributed by atoms with van der Waals surface area (Å²) in [5, 5.41) is 2.49. The molecule has 33 heavy (non-hydrogen) atoms. The topological polar surface area (TPSA) is 68.2 Å². The van der Waals surface area contributed by atoms with Crippen molar-refractivity contribution >= 4 is 17.8 Å². The number of nitrogens with zero attached hydrogens (tertiary/aromatic N) is 4. The first-order valence-corrected chi connectivity index (χ1v) is 11.8. The molecule has 2 aliphatic heterocycles. The molecule has 0 saturated carbocycles. The maximum absolute atomic E-state index is 12.8. The van der Waals surface area contributed by atoms with E-state index in [1.54, 1.807) is 11.9 Å². The Kier molecular flexibility index (Phi) is 7.40. The van der Waals surface area contributed by atoms with Crippen molar-refractivity contribution in [3.63, 3.8) is 0 Å². The van der Waals surface area contributed by atoms with Crippen LogP contribution in [0.15, 0.2) is 65.7 Å². The fraction of sp³-hybridized carbons (Fsp3) is 0.423. The SMILES string of the molecule is CCCCCN1C(CN(Cc2ccccc2)Cc2ccccc2)=NC2C1C(=O)NC(=O)N2C. The number of rotatable bonds is 10. The molecular formula is C26H33N5O2. The first-order valence-electron chi connectivity index (χ1n) is 11.8. The summed E-state index contributed by atoms with van der Waals surface area (Å²) in [5.41, 5.74) is 2.46. The Morgan fingerprint density at radius 1 is 0.909 bits per heavy atom. The van der Waals surface area contributed by atoms with Crippen molar-refractivity contribution < 1.29 is 9.59 Å². The average Bonchev–Trinajstić information content (AvgIpc) is 3.18. The molecule has 0 aliphatic carbocycles. The van der Waals surface area contributed by atoms with Crippen molar-refractivity contribution in [2.45, 2.75) is 51.5 Å². The van der Waals surface area contributed by atoms with E-state index < -0.39 is 12.2 Å². The van der Waals surface area contributed by atoms with Crippen LogP contribution in [-0.4, -0.2) is 64.8 Å². The summed E-state index contributed by atoms with van der Waals surface area (Å²) in [6, 6.07) is 20.0. The van der Waals surface area contributed by atoms with Crippen molar-refractivity contribution in [3.05, 3.63) is 71.8 Å². The summed E-state index contributed by atoms with van der Waals surface area (Å²) >= 11 is 0. The van der Waals surface area contributed by atoms with Crippen LogP contribution in [0.2, 0.25) is 0 Å². The van der Waals surface area contributed by atoms with Gasteiger partial charge in [0.15, 0.2) is 12.2 Å². The van der Waals surface area contributed by atoms with Gasteiger partial charge in [-0.15, -0.1) is 0 Å². The Morgan fingerprint density at radius 3 is 2.09 bits per heavy atom. The lowest BCUT2D eigenvalue weighted by Gasteiger charge is -2.37. The summed E-state index contributed by atoms with van der Waals surface area (Å²) < 4.78 is 0. The fourth-order valence-electron chi connectivity index (χ4n) is 4.56. The van der Waals surface area contributed by atoms with E-state index in [0.29, 0.717) is 6.54 Å². The van der Waals surface area contributed by atoms with Gasteiger partial charge in [0.2, 0.25) is 0 Å². The molecule has 2 aliphatic rings. The number of nitrogens with one attached hydrogen (secondary N) is 1. The van der Waals surface area contributed by atoms with Gasteiger partial charge >= 0.3 is 6.03 Å². The standard InChI is InChI=1S/C26H33N5O2/c1-3-4-11-16-31-22(27-24-23(31)25(32)28-26(33)29(24)2)19-30(17-20-12-7-5-8-13-20)18-21-14-9-6-10-15-21/h5-10,12-15,23-24H,3-4,11,16-19H2,1-2H3,(H,28,32,33). The lowest BCUT2D eigenvalue weighted by Crippen LogP contribution is -2.64. The molecule has 7 heteroatoms. The number of imide groups is 1. The Morgan fingerprint density at radius 2 is 1.52 bits per heavy atom. The molecule has 0 bridgehead atoms. The lowest BCUT2D eigenvalue weighted by atomic mass is 10.1. The molecule has 2 aromatic rings. The third kappa shape index (κ3) is 5.42. The molecule has 2 unspecified atom stereocenters. The van der Waals surface area contributed by atoms with Crippen LogP contribution in [0.25, 0.3) is 0 Å². The Balaban J connectivity index is 1.59. The predicted octanol–water partition coefficient (Wildman–Crippen LogP) is 3.47. The zero-order valence-corrected chi connectivity index (χ0v) is 19.5. The smallest absolute Gasteiger partial charge is 0.325 e. The number of hydrogen-bond acceptors (Lipinski definition) is 5. The Bertz CT molecular complexity index is 937. The summed E-state index contributed by atoms with van der Waals surface area (Å²) in [4.78, 5) is 36.0. The third-order valence-electron chi connectivity index (χ3n) is 6.31. The van der Waals surface area contributed by atoms with E-state index in [1.165, 1.54) is 11.1 Å². The Labute approximate surface area is 196 Å². The number of aliphatic imine (C=N–C) groups is 1. The van der Waals surface area contributed by atoms with Crippen LogP contribution < -0.4 is 5.32 Å². The molecule has 1 saturated heterocycles. The largest absolute Gasteiger partial charge is 0.344 e. The highest BCUT2D eigenvalue weighted by Crippen LogP contribution is 2.25. The Hall–Kier alpha value is -3.19. The summed E-state index contributed by atoms with van der Waals surface area (Å²) in [6.07, 6.45) is 2.71. The highest BCUT2D eigenvalue weighted by Gasteiger charge is 2.48. The van der Waals surface area contributed by atoms with Gasteiger partial charge in [-0.1, -0.05) is 80.4 Å². The number of unbranched alkanes of at least 4 members (excludes halogenated alkanes) is 2. The monoisotopic (exact) mass is 447 g/mol. The second-order valence-corrected chi connectivity index (χ2v) is 8.83. The summed E-state index contributed by atoms with van der Waals surface area (Å²) in [6.45, 7) is 5.08. The lowest BCUT2D eigenvalue weighted by molar-refractivity contribution is -0.127. The molecular weight excluding hydrogens is 414 g/mol. The van der Waals surface area contributed by atoms with Crippen molar-refractivity contribution in [1.29, 1.82) is 0 Å². The first kappa shape index (κ1) is 23.0. The van der Waals surface area contributed by atoms with E-state index in [9.17, 15) is 9.59 Å². The number of urea groups is 1. The van der Waals surface area contributed by atoms with Gasteiger partial charge in [0.1, 0.15) is 5.84 Å². The van der Waals surface area contributed by atoms with E-state index in [2.05, 4.69) is 70.6 Å². The zero-order chi connectivity index (χ0) is 23.2. The molecule has 2 heterocycles. The predicted molar refractivity (Wildman–Crippen MR) is 130 cm³/mol. The van der Waals surface area contributed by atoms with Crippen LogP contribution >= 0.6 is 0 Å². The fourth-order valence-corrected chi connectivity index (χ4v) is 4.56. The molecule has 174 valence electrons. The third-order valence-corrected chi connectivity index (χ3v) is 6.31. The zero-order valence-electron chi connectivity index (χ0n) is 19.5. The second-order valence-electron chi connectivity index (χ2n) is 8.83. The van der Waals surface area contributed by atoms with E-state index in [4.69, 9.17) is 4.99 Å². The minimum absolute atomic E-state index is 0.254. The second kappa shape index (κ2) is 10.6. The first-order chi connectivity index (χ1) is 16.1. The normalized spacial score (nSPS) is 20.2. The molecule has 0 spiro atoms. The molecule has 2 atom stereocenters. The molecule has 1 N–H and O–H groups in total. The van der Waals surface area contributed by atoms with Crippen LogP contribution in [0.3, 0.4) is 0 Å². The van der Waals surface area contributed by atoms with Crippen LogP contribution in [0.1, 0.15) is 37.3 Å². The molecule has 4 rings (SSSR count). The number of carbonyl (C=O) groups excluding carboxylic acids is 2. The number of amidine groups is 1. The highest BCUT2D eigenvalue weighted by atomic mass is 16.2. The summed E-state index contributed by atoms with van der Waals surface area (Å²) in [7, 11) is 1.71. The van der Waals surface area contributed by atoms with Gasteiger partial charge in [-0.2, -0.15) is 0 Å². The maximum Gasteiger partial charge on any atom is 0.325 e. The maximum atomic E-state index is 12.8. The minimum Gasteiger partial charge on any atom is -0.344 e. The number of amides is 3. The van der Waals surface area contributed by atoms with Crippen molar-refractivity contribution in [2.24, 2.45) is 4.99 Å². The molecule has 1 fully saturated rings. The van der Waals surface area contributed by atoms with Gasteiger partial charge in [-0.05, 0) is 17.5 Å². The van der Waals surface area contributed by atoms with Crippen molar-refractivity contribution in [1.82, 2.24) is 20.0 Å². The van der Waals surface area contributed by atoms with E-state index in [-0.39, 0.29) is 11.9 Å². The number of likely N-dealkylation sites (N-methyl/N-ethyl adjacent to an activating group) is 1. The molecule has 7 nitrogen and oxygen atoms in total. The molecule has 2 aromatic carbocycles. The number of benzene rings is 2. The van der Waals surface area contributed by atoms with E-state index in [1.807, 2.05) is 12.1 Å². The quantitative estimate of drug-likeness (QED) is 0.567. The average molecular weight is 448 g/mol. The van der Waals surface area contributed by atoms with Crippen LogP contribution in [-0.2, 0) is 17.9 Å². The van der Waals surface area contributed by atoms with Gasteiger partial charge in [-0.25, -0.2) is 9.79 Å². The van der Waals surface area contributed by atoms with E-state index in [0.717, 1.165) is 44.7 Å². The molecule has 3 amide bonds. The minimum atomic E-state index is -0.474. The molecule has 0 radical (unpaired) electrons. The van der Waals surface area contributed by atoms with Crippen LogP contribution in [0.4, 0.5) is 4.79 Å². The van der Waals surface area contributed by atoms with Gasteiger partial charge in [0, 0.05) is 26.7 Å². The summed E-state index contributed by atoms with van der Waals surface area (Å²) in [5.74, 6) is 0.626. The number of hydrogen-bond donors (Lipinski definition) is 1. The van der Waals surface area contributed by atoms with Gasteiger partial charge in [0.25, 0.3) is 5.91 Å². The van der Waals surface area contributed by atoms with Gasteiger partial charge < -0.3 is 9.80 Å². The van der Waals surface area contributed by atoms with Crippen molar-refractivity contribution in [2.75, 3.05) is 20.1 Å². The van der Waals surface area contributed by atoms with Crippen molar-refractivity contribution in [3.8, 4) is 0 Å². The number of fused-ring (bicyclic) bond motifs is 1. The highest BCUT2D eigenvalue weighted by molar-refractivity contribution is 6.04. The van der Waals surface area contributed by atoms with Crippen LogP contribution in [0.5, 0.6) is 0 Å². The molecule has 0 aromatic heterocycles. The van der Waals surface area contributed by atoms with Gasteiger partial charge in [0.05, 0.1) is 6.54 Å². The van der Waals surface area contributed by atoms with Crippen LogP contribution in [0, 0.1) is 0 Å². The van der Waals surface area contributed by atoms with E-state index >= 15 is 0 Å². The van der Waals surface area contributed by atoms with Gasteiger partial charge in [-0.3, -0.25) is 15.0 Å². The number of carbonyl (C=O) groups is 2.